The second-order valence-electron chi connectivity index (χ2n) is 4.56. The van der Waals surface area contributed by atoms with Gasteiger partial charge in [-0.15, -0.1) is 0 Å². The molecule has 0 aromatic rings. The summed E-state index contributed by atoms with van der Waals surface area (Å²) < 4.78 is 13.2. The van der Waals surface area contributed by atoms with Gasteiger partial charge in [-0.3, -0.25) is 4.79 Å². The van der Waals surface area contributed by atoms with Crippen LogP contribution < -0.4 is 0 Å². The Morgan fingerprint density at radius 2 is 2.14 bits per heavy atom. The molecule has 1 fully saturated rings. The average Bonchev–Trinajstić information content (AvgIpc) is 2.82. The van der Waals surface area contributed by atoms with E-state index >= 15 is 0 Å². The van der Waals surface area contributed by atoms with Gasteiger partial charge in [0.1, 0.15) is 0 Å². The monoisotopic (exact) mass is 203 g/mol. The van der Waals surface area contributed by atoms with Crippen molar-refractivity contribution in [1.82, 2.24) is 4.90 Å². The van der Waals surface area contributed by atoms with E-state index in [1.807, 2.05) is 0 Å². The molecular formula is C10H18FNO2. The molecule has 1 saturated carbocycles. The van der Waals surface area contributed by atoms with Crippen molar-refractivity contribution in [3.8, 4) is 0 Å². The van der Waals surface area contributed by atoms with Crippen LogP contribution in [-0.4, -0.2) is 41.3 Å². The van der Waals surface area contributed by atoms with Crippen LogP contribution in [0.15, 0.2) is 0 Å². The first-order valence-corrected chi connectivity index (χ1v) is 4.95. The smallest absolute Gasteiger partial charge is 0.259 e. The lowest BCUT2D eigenvalue weighted by molar-refractivity contribution is -0.141. The van der Waals surface area contributed by atoms with Gasteiger partial charge in [-0.25, -0.2) is 4.39 Å². The van der Waals surface area contributed by atoms with Crippen LogP contribution in [0.3, 0.4) is 0 Å². The SMILES string of the molecule is CN(CC(O)C1CC1)C(=O)C(C)(C)F. The van der Waals surface area contributed by atoms with E-state index in [-0.39, 0.29) is 6.54 Å². The molecule has 1 N–H and O–H groups in total. The van der Waals surface area contributed by atoms with E-state index < -0.39 is 17.7 Å². The Balaban J connectivity index is 2.40. The molecule has 3 nitrogen and oxygen atoms in total. The highest BCUT2D eigenvalue weighted by Crippen LogP contribution is 2.32. The van der Waals surface area contributed by atoms with Gasteiger partial charge in [-0.05, 0) is 32.6 Å². The number of halogens is 1. The van der Waals surface area contributed by atoms with Crippen LogP contribution in [-0.2, 0) is 4.79 Å². The molecule has 0 radical (unpaired) electrons. The molecule has 14 heavy (non-hydrogen) atoms. The van der Waals surface area contributed by atoms with E-state index in [0.717, 1.165) is 12.8 Å². The maximum absolute atomic E-state index is 13.2. The standard InChI is InChI=1S/C10H18FNO2/c1-10(2,11)9(14)12(3)6-8(13)7-4-5-7/h7-8,13H,4-6H2,1-3H3. The molecule has 0 bridgehead atoms. The van der Waals surface area contributed by atoms with Gasteiger partial charge >= 0.3 is 0 Å². The summed E-state index contributed by atoms with van der Waals surface area (Å²) in [6.45, 7) is 2.70. The normalized spacial score (nSPS) is 19.2. The van der Waals surface area contributed by atoms with Gasteiger partial charge in [-0.2, -0.15) is 0 Å². The molecule has 0 spiro atoms. The van der Waals surface area contributed by atoms with E-state index in [9.17, 15) is 14.3 Å². The van der Waals surface area contributed by atoms with Crippen molar-refractivity contribution in [3.63, 3.8) is 0 Å². The van der Waals surface area contributed by atoms with Gasteiger partial charge in [0.05, 0.1) is 6.10 Å². The van der Waals surface area contributed by atoms with Crippen LogP contribution in [0.5, 0.6) is 0 Å². The number of alkyl halides is 1. The molecule has 0 aliphatic heterocycles. The first kappa shape index (κ1) is 11.4. The zero-order valence-corrected chi connectivity index (χ0v) is 8.96. The van der Waals surface area contributed by atoms with E-state index in [4.69, 9.17) is 0 Å². The maximum atomic E-state index is 13.2. The first-order chi connectivity index (χ1) is 6.32. The molecule has 0 heterocycles. The summed E-state index contributed by atoms with van der Waals surface area (Å²) in [5.41, 5.74) is -1.85. The third-order valence-electron chi connectivity index (χ3n) is 2.48. The van der Waals surface area contributed by atoms with E-state index in [1.165, 1.54) is 25.8 Å². The summed E-state index contributed by atoms with van der Waals surface area (Å²) in [6, 6.07) is 0. The van der Waals surface area contributed by atoms with Crippen LogP contribution >= 0.6 is 0 Å². The molecule has 1 amide bonds. The third-order valence-corrected chi connectivity index (χ3v) is 2.48. The Bertz CT molecular complexity index is 221. The summed E-state index contributed by atoms with van der Waals surface area (Å²) in [7, 11) is 1.52. The Labute approximate surface area is 83.9 Å². The Morgan fingerprint density at radius 1 is 1.64 bits per heavy atom. The fourth-order valence-corrected chi connectivity index (χ4v) is 1.45. The van der Waals surface area contributed by atoms with Crippen molar-refractivity contribution in [3.05, 3.63) is 0 Å². The fourth-order valence-electron chi connectivity index (χ4n) is 1.45. The lowest BCUT2D eigenvalue weighted by Crippen LogP contribution is -2.43. The number of likely N-dealkylation sites (N-methyl/N-ethyl adjacent to an activating group) is 1. The second kappa shape index (κ2) is 3.85. The Hall–Kier alpha value is -0.640. The number of carbonyl (C=O) groups is 1. The summed E-state index contributed by atoms with van der Waals surface area (Å²) in [5.74, 6) is -0.259. The summed E-state index contributed by atoms with van der Waals surface area (Å²) in [5, 5.41) is 9.56. The van der Waals surface area contributed by atoms with Crippen LogP contribution in [0.25, 0.3) is 0 Å². The van der Waals surface area contributed by atoms with Crippen LogP contribution in [0.1, 0.15) is 26.7 Å². The Morgan fingerprint density at radius 3 is 2.50 bits per heavy atom. The van der Waals surface area contributed by atoms with Crippen molar-refractivity contribution in [2.45, 2.75) is 38.5 Å². The molecule has 0 saturated heterocycles. The largest absolute Gasteiger partial charge is 0.391 e. The zero-order valence-electron chi connectivity index (χ0n) is 8.96. The number of hydrogen-bond acceptors (Lipinski definition) is 2. The first-order valence-electron chi connectivity index (χ1n) is 4.95. The number of nitrogens with zero attached hydrogens (tertiary/aromatic N) is 1. The highest BCUT2D eigenvalue weighted by atomic mass is 19.1. The number of carbonyl (C=O) groups excluding carboxylic acids is 1. The topological polar surface area (TPSA) is 40.5 Å². The quantitative estimate of drug-likeness (QED) is 0.739. The lowest BCUT2D eigenvalue weighted by Gasteiger charge is -2.25. The van der Waals surface area contributed by atoms with Crippen LogP contribution in [0.4, 0.5) is 4.39 Å². The van der Waals surface area contributed by atoms with Crippen molar-refractivity contribution < 1.29 is 14.3 Å². The van der Waals surface area contributed by atoms with Crippen molar-refractivity contribution in [2.24, 2.45) is 5.92 Å². The molecule has 0 aromatic carbocycles. The number of amides is 1. The lowest BCUT2D eigenvalue weighted by atomic mass is 10.1. The van der Waals surface area contributed by atoms with E-state index in [1.54, 1.807) is 0 Å². The number of rotatable bonds is 4. The number of aliphatic hydroxyl groups is 1. The fraction of sp³-hybridized carbons (Fsp3) is 0.900. The average molecular weight is 203 g/mol. The van der Waals surface area contributed by atoms with Crippen molar-refractivity contribution in [2.75, 3.05) is 13.6 Å². The molecule has 1 aliphatic rings. The zero-order chi connectivity index (χ0) is 10.9. The van der Waals surface area contributed by atoms with Crippen molar-refractivity contribution >= 4 is 5.91 Å². The van der Waals surface area contributed by atoms with Crippen LogP contribution in [0.2, 0.25) is 0 Å². The second-order valence-corrected chi connectivity index (χ2v) is 4.56. The molecule has 0 aromatic heterocycles. The molecular weight excluding hydrogens is 185 g/mol. The highest BCUT2D eigenvalue weighted by Gasteiger charge is 2.34. The van der Waals surface area contributed by atoms with E-state index in [0.29, 0.717) is 5.92 Å². The van der Waals surface area contributed by atoms with E-state index in [2.05, 4.69) is 0 Å². The summed E-state index contributed by atoms with van der Waals surface area (Å²) in [4.78, 5) is 12.6. The van der Waals surface area contributed by atoms with Gasteiger partial charge in [-0.1, -0.05) is 0 Å². The van der Waals surface area contributed by atoms with Crippen molar-refractivity contribution in [1.29, 1.82) is 0 Å². The number of aliphatic hydroxyl groups excluding tert-OH is 1. The minimum Gasteiger partial charge on any atom is -0.391 e. The Kier molecular flexibility index (Phi) is 3.14. The molecule has 1 atom stereocenters. The number of hydrogen-bond donors (Lipinski definition) is 1. The van der Waals surface area contributed by atoms with Gasteiger partial charge in [0.2, 0.25) is 0 Å². The summed E-state index contributed by atoms with van der Waals surface area (Å²) in [6.07, 6.45) is 1.54. The predicted molar refractivity (Wildman–Crippen MR) is 51.6 cm³/mol. The minimum atomic E-state index is -1.85. The summed E-state index contributed by atoms with van der Waals surface area (Å²) >= 11 is 0. The molecule has 1 rings (SSSR count). The molecule has 82 valence electrons. The maximum Gasteiger partial charge on any atom is 0.259 e. The van der Waals surface area contributed by atoms with Gasteiger partial charge in [0, 0.05) is 13.6 Å². The van der Waals surface area contributed by atoms with Gasteiger partial charge in [0.25, 0.3) is 5.91 Å². The van der Waals surface area contributed by atoms with Crippen LogP contribution in [0, 0.1) is 5.92 Å². The minimum absolute atomic E-state index is 0.233. The molecule has 1 aliphatic carbocycles. The predicted octanol–water partition coefficient (Wildman–Crippen LogP) is 0.964. The highest BCUT2D eigenvalue weighted by molar-refractivity contribution is 5.83. The molecule has 4 heteroatoms. The van der Waals surface area contributed by atoms with Gasteiger partial charge < -0.3 is 10.0 Å². The molecule has 1 unspecified atom stereocenters. The van der Waals surface area contributed by atoms with Gasteiger partial charge in [0.15, 0.2) is 5.67 Å². The third kappa shape index (κ3) is 2.94.